The van der Waals surface area contributed by atoms with E-state index >= 15 is 0 Å². The molecule has 0 saturated heterocycles. The van der Waals surface area contributed by atoms with Crippen molar-refractivity contribution in [1.82, 2.24) is 4.83 Å². The van der Waals surface area contributed by atoms with Gasteiger partial charge in [-0.25, -0.2) is 4.83 Å². The van der Waals surface area contributed by atoms with E-state index in [4.69, 9.17) is 18.9 Å². The minimum Gasteiger partial charge on any atom is -0.493 e. The van der Waals surface area contributed by atoms with Gasteiger partial charge in [0.1, 0.15) is 6.61 Å². The van der Waals surface area contributed by atoms with Gasteiger partial charge in [-0.15, -0.1) is 0 Å². The molecule has 0 saturated carbocycles. The summed E-state index contributed by atoms with van der Waals surface area (Å²) in [4.78, 5) is 2.18. The van der Waals surface area contributed by atoms with E-state index in [1.165, 1.54) is 45.7 Å². The highest BCUT2D eigenvalue weighted by Gasteiger charge is 2.16. The van der Waals surface area contributed by atoms with Crippen molar-refractivity contribution in [2.45, 2.75) is 11.5 Å². The Morgan fingerprint density at radius 3 is 2.27 bits per heavy atom. The molecule has 0 aliphatic carbocycles. The Bertz CT molecular complexity index is 1230. The topological polar surface area (TPSA) is 95.5 Å². The summed E-state index contributed by atoms with van der Waals surface area (Å²) in [5.41, 5.74) is 1.61. The van der Waals surface area contributed by atoms with Crippen molar-refractivity contribution in [3.05, 3.63) is 76.3 Å². The van der Waals surface area contributed by atoms with Crippen LogP contribution in [0.2, 0.25) is 0 Å². The quantitative estimate of drug-likeness (QED) is 0.306. The lowest BCUT2D eigenvalue weighted by atomic mass is 10.2. The third-order valence-electron chi connectivity index (χ3n) is 4.53. The molecule has 0 aliphatic rings. The molecule has 0 aliphatic heterocycles. The molecule has 0 radical (unpaired) electrons. The summed E-state index contributed by atoms with van der Waals surface area (Å²) in [6.45, 7) is 0.369. The van der Waals surface area contributed by atoms with E-state index in [2.05, 4.69) is 25.9 Å². The van der Waals surface area contributed by atoms with Crippen LogP contribution in [0.5, 0.6) is 23.0 Å². The number of hydrazone groups is 1. The second-order valence-electron chi connectivity index (χ2n) is 6.68. The molecule has 0 bridgehead atoms. The first-order valence-corrected chi connectivity index (χ1v) is 12.0. The number of halogens is 1. The van der Waals surface area contributed by atoms with Gasteiger partial charge in [-0.2, -0.15) is 13.5 Å². The fraction of sp³-hybridized carbons (Fsp3) is 0.174. The van der Waals surface area contributed by atoms with Gasteiger partial charge in [0.2, 0.25) is 0 Å². The highest BCUT2D eigenvalue weighted by atomic mass is 79.9. The van der Waals surface area contributed by atoms with Crippen molar-refractivity contribution < 1.29 is 27.4 Å². The van der Waals surface area contributed by atoms with E-state index < -0.39 is 10.0 Å². The molecule has 1 N–H and O–H groups in total. The van der Waals surface area contributed by atoms with Crippen LogP contribution >= 0.6 is 15.9 Å². The number of rotatable bonds is 10. The maximum absolute atomic E-state index is 12.6. The summed E-state index contributed by atoms with van der Waals surface area (Å²) in [5.74, 6) is 1.73. The molecular weight excluding hydrogens is 512 g/mol. The fourth-order valence-electron chi connectivity index (χ4n) is 2.89. The maximum atomic E-state index is 12.6. The normalized spacial score (nSPS) is 11.3. The lowest BCUT2D eigenvalue weighted by Crippen LogP contribution is -2.18. The average Bonchev–Trinajstić information content (AvgIpc) is 2.83. The summed E-state index contributed by atoms with van der Waals surface area (Å²) in [6.07, 6.45) is 1.37. The van der Waals surface area contributed by atoms with Crippen LogP contribution in [-0.4, -0.2) is 36.0 Å². The summed E-state index contributed by atoms with van der Waals surface area (Å²) >= 11 is 3.48. The van der Waals surface area contributed by atoms with Crippen LogP contribution < -0.4 is 23.8 Å². The van der Waals surface area contributed by atoms with Crippen molar-refractivity contribution in [1.29, 1.82) is 0 Å². The van der Waals surface area contributed by atoms with E-state index in [0.29, 0.717) is 39.6 Å². The molecule has 10 heteroatoms. The largest absolute Gasteiger partial charge is 0.493 e. The number of sulfonamides is 1. The van der Waals surface area contributed by atoms with Crippen LogP contribution in [0.1, 0.15) is 11.1 Å². The second-order valence-corrected chi connectivity index (χ2v) is 9.19. The molecule has 0 fully saturated rings. The minimum absolute atomic E-state index is 0.0132. The lowest BCUT2D eigenvalue weighted by Gasteiger charge is -2.13. The van der Waals surface area contributed by atoms with Gasteiger partial charge < -0.3 is 18.9 Å². The summed E-state index contributed by atoms with van der Waals surface area (Å²) < 4.78 is 47.4. The molecular formula is C23H23BrN2O6S. The molecule has 0 atom stereocenters. The van der Waals surface area contributed by atoms with E-state index in [1.807, 2.05) is 30.3 Å². The molecule has 33 heavy (non-hydrogen) atoms. The number of benzene rings is 3. The zero-order valence-corrected chi connectivity index (χ0v) is 20.6. The molecule has 3 aromatic rings. The van der Waals surface area contributed by atoms with E-state index in [9.17, 15) is 8.42 Å². The third kappa shape index (κ3) is 6.17. The standard InChI is InChI=1S/C23H23BrN2O6S/c1-29-20-10-9-18(13-21(20)30-2)33(27,28)26-25-14-17-11-19(24)23(22(12-17)31-3)32-15-16-7-5-4-6-8-16/h4-14,26H,15H2,1-3H3/b25-14-. The maximum Gasteiger partial charge on any atom is 0.276 e. The van der Waals surface area contributed by atoms with Gasteiger partial charge in [0, 0.05) is 6.07 Å². The Labute approximate surface area is 201 Å². The predicted octanol–water partition coefficient (Wildman–Crippen LogP) is 4.37. The summed E-state index contributed by atoms with van der Waals surface area (Å²) in [7, 11) is 0.513. The van der Waals surface area contributed by atoms with Crippen LogP contribution in [-0.2, 0) is 16.6 Å². The van der Waals surface area contributed by atoms with Gasteiger partial charge >= 0.3 is 0 Å². The average molecular weight is 535 g/mol. The third-order valence-corrected chi connectivity index (χ3v) is 6.34. The first-order valence-electron chi connectivity index (χ1n) is 9.69. The number of hydrogen-bond acceptors (Lipinski definition) is 7. The Morgan fingerprint density at radius 2 is 1.61 bits per heavy atom. The fourth-order valence-corrected chi connectivity index (χ4v) is 4.27. The van der Waals surface area contributed by atoms with Crippen LogP contribution in [0.3, 0.4) is 0 Å². The number of nitrogens with one attached hydrogen (secondary N) is 1. The van der Waals surface area contributed by atoms with Gasteiger partial charge in [-0.05, 0) is 51.3 Å². The zero-order chi connectivity index (χ0) is 23.8. The molecule has 3 rings (SSSR count). The number of methoxy groups -OCH3 is 3. The zero-order valence-electron chi connectivity index (χ0n) is 18.2. The summed E-state index contributed by atoms with van der Waals surface area (Å²) in [6, 6.07) is 17.4. The van der Waals surface area contributed by atoms with Crippen molar-refractivity contribution in [2.24, 2.45) is 5.10 Å². The highest BCUT2D eigenvalue weighted by Crippen LogP contribution is 2.37. The predicted molar refractivity (Wildman–Crippen MR) is 129 cm³/mol. The van der Waals surface area contributed by atoms with E-state index in [0.717, 1.165) is 5.56 Å². The Balaban J connectivity index is 1.75. The SMILES string of the molecule is COc1ccc(S(=O)(=O)N/N=C\c2cc(Br)c(OCc3ccccc3)c(OC)c2)cc1OC. The molecule has 0 spiro atoms. The van der Waals surface area contributed by atoms with Crippen molar-refractivity contribution >= 4 is 32.2 Å². The highest BCUT2D eigenvalue weighted by molar-refractivity contribution is 9.10. The van der Waals surface area contributed by atoms with Crippen molar-refractivity contribution in [3.8, 4) is 23.0 Å². The second kappa shape index (κ2) is 11.1. The van der Waals surface area contributed by atoms with E-state index in [-0.39, 0.29) is 4.90 Å². The molecule has 0 amide bonds. The van der Waals surface area contributed by atoms with Crippen molar-refractivity contribution in [3.63, 3.8) is 0 Å². The summed E-state index contributed by atoms with van der Waals surface area (Å²) in [5, 5.41) is 3.88. The van der Waals surface area contributed by atoms with Crippen molar-refractivity contribution in [2.75, 3.05) is 21.3 Å². The Hall–Kier alpha value is -3.24. The Morgan fingerprint density at radius 1 is 0.909 bits per heavy atom. The van der Waals surface area contributed by atoms with Gasteiger partial charge in [-0.3, -0.25) is 0 Å². The molecule has 174 valence electrons. The molecule has 3 aromatic carbocycles. The van der Waals surface area contributed by atoms with Crippen LogP contribution in [0, 0.1) is 0 Å². The van der Waals surface area contributed by atoms with Gasteiger partial charge in [0.15, 0.2) is 23.0 Å². The number of ether oxygens (including phenoxy) is 4. The number of nitrogens with zero attached hydrogens (tertiary/aromatic N) is 1. The number of hydrogen-bond donors (Lipinski definition) is 1. The van der Waals surface area contributed by atoms with Gasteiger partial charge in [0.25, 0.3) is 10.0 Å². The smallest absolute Gasteiger partial charge is 0.276 e. The lowest BCUT2D eigenvalue weighted by molar-refractivity contribution is 0.282. The Kier molecular flexibility index (Phi) is 8.18. The van der Waals surface area contributed by atoms with Crippen LogP contribution in [0.25, 0.3) is 0 Å². The van der Waals surface area contributed by atoms with E-state index in [1.54, 1.807) is 12.1 Å². The van der Waals surface area contributed by atoms with Crippen LogP contribution in [0.15, 0.2) is 75.1 Å². The van der Waals surface area contributed by atoms with Crippen LogP contribution in [0.4, 0.5) is 0 Å². The molecule has 0 unspecified atom stereocenters. The van der Waals surface area contributed by atoms with Gasteiger partial charge in [-0.1, -0.05) is 30.3 Å². The molecule has 0 aromatic heterocycles. The van der Waals surface area contributed by atoms with Gasteiger partial charge in [0.05, 0.1) is 36.9 Å². The molecule has 8 nitrogen and oxygen atoms in total. The minimum atomic E-state index is -3.91. The monoisotopic (exact) mass is 534 g/mol. The first-order chi connectivity index (χ1) is 15.9. The first kappa shape index (κ1) is 24.4. The molecule has 0 heterocycles.